The molecular weight excluding hydrogens is 161 g/mol. The predicted octanol–water partition coefficient (Wildman–Crippen LogP) is -0.617. The number of hydrogen-bond donors (Lipinski definition) is 1. The van der Waals surface area contributed by atoms with Crippen LogP contribution in [0.5, 0.6) is 0 Å². The van der Waals surface area contributed by atoms with E-state index in [9.17, 15) is 9.59 Å². The van der Waals surface area contributed by atoms with E-state index in [1.807, 2.05) is 0 Å². The Morgan fingerprint density at radius 3 is 2.00 bits per heavy atom. The molecule has 1 amide bonds. The summed E-state index contributed by atoms with van der Waals surface area (Å²) in [5.74, 6) is -0.521. The molecule has 1 saturated heterocycles. The van der Waals surface area contributed by atoms with E-state index < -0.39 is 17.6 Å². The quantitative estimate of drug-likeness (QED) is 0.299. The van der Waals surface area contributed by atoms with Crippen molar-refractivity contribution in [3.63, 3.8) is 0 Å². The van der Waals surface area contributed by atoms with E-state index in [1.165, 1.54) is 0 Å². The van der Waals surface area contributed by atoms with Gasteiger partial charge in [0.25, 0.3) is 0 Å². The van der Waals surface area contributed by atoms with Gasteiger partial charge in [-0.05, 0) is 13.8 Å². The van der Waals surface area contributed by atoms with Crippen LogP contribution in [0.4, 0.5) is 4.79 Å². The third-order valence-corrected chi connectivity index (χ3v) is 1.11. The molecule has 0 radical (unpaired) electrons. The molecule has 10 heavy (non-hydrogen) atoms. The van der Waals surface area contributed by atoms with Gasteiger partial charge in [-0.2, -0.15) is 0 Å². The van der Waals surface area contributed by atoms with Crippen molar-refractivity contribution in [2.24, 2.45) is 0 Å². The van der Waals surface area contributed by atoms with Crippen LogP contribution in [0.25, 0.3) is 0 Å². The van der Waals surface area contributed by atoms with E-state index in [-0.39, 0.29) is 51.4 Å². The van der Waals surface area contributed by atoms with Crippen LogP contribution in [0, 0.1) is 0 Å². The summed E-state index contributed by atoms with van der Waals surface area (Å²) in [6.07, 6.45) is -0.662. The second kappa shape index (κ2) is 3.32. The van der Waals surface area contributed by atoms with Crippen molar-refractivity contribution in [3.05, 3.63) is 0 Å². The Kier molecular flexibility index (Phi) is 3.51. The van der Waals surface area contributed by atoms with Crippen molar-refractivity contribution in [2.75, 3.05) is 0 Å². The second-order valence-corrected chi connectivity index (χ2v) is 2.43. The molecular formula is C5H8KNO3. The van der Waals surface area contributed by atoms with Crippen molar-refractivity contribution < 1.29 is 14.3 Å². The zero-order valence-electron chi connectivity index (χ0n) is 5.22. The van der Waals surface area contributed by atoms with Gasteiger partial charge in [0, 0.05) is 0 Å². The monoisotopic (exact) mass is 169 g/mol. The number of esters is 1. The summed E-state index contributed by atoms with van der Waals surface area (Å²) < 4.78 is 4.19. The molecule has 52 valence electrons. The molecule has 0 aromatic carbocycles. The van der Waals surface area contributed by atoms with Crippen LogP contribution in [0.2, 0.25) is 0 Å². The van der Waals surface area contributed by atoms with Gasteiger partial charge in [0.1, 0.15) is 5.54 Å². The fourth-order valence-corrected chi connectivity index (χ4v) is 0.543. The molecule has 0 aromatic heterocycles. The minimum absolute atomic E-state index is 0. The first-order valence-electron chi connectivity index (χ1n) is 2.57. The first-order chi connectivity index (χ1) is 4.02. The van der Waals surface area contributed by atoms with Gasteiger partial charge in [0.15, 0.2) is 0 Å². The summed E-state index contributed by atoms with van der Waals surface area (Å²) in [6, 6.07) is 0. The number of rotatable bonds is 0. The fourth-order valence-electron chi connectivity index (χ4n) is 0.543. The zero-order valence-corrected chi connectivity index (χ0v) is 5.22. The first kappa shape index (κ1) is 10.6. The summed E-state index contributed by atoms with van der Waals surface area (Å²) in [5, 5.41) is 2.33. The Morgan fingerprint density at radius 2 is 1.90 bits per heavy atom. The molecule has 0 aliphatic carbocycles. The van der Waals surface area contributed by atoms with Gasteiger partial charge < -0.3 is 10.1 Å². The normalized spacial score (nSPS) is 21.0. The van der Waals surface area contributed by atoms with Crippen LogP contribution in [0.15, 0.2) is 0 Å². The molecule has 0 saturated carbocycles. The molecule has 1 aliphatic rings. The maximum absolute atomic E-state index is 10.6. The van der Waals surface area contributed by atoms with Crippen LogP contribution in [-0.4, -0.2) is 69.0 Å². The van der Waals surface area contributed by atoms with Gasteiger partial charge in [-0.3, -0.25) is 0 Å². The second-order valence-electron chi connectivity index (χ2n) is 2.43. The molecule has 0 aromatic rings. The molecule has 1 fully saturated rings. The van der Waals surface area contributed by atoms with Gasteiger partial charge in [0.05, 0.1) is 0 Å². The molecule has 1 heterocycles. The van der Waals surface area contributed by atoms with Crippen LogP contribution in [-0.2, 0) is 9.53 Å². The average Bonchev–Trinajstić information content (AvgIpc) is 1.79. The summed E-state index contributed by atoms with van der Waals surface area (Å²) in [5.41, 5.74) is -0.836. The Balaban J connectivity index is 0.000000810. The molecule has 1 N–H and O–H groups in total. The van der Waals surface area contributed by atoms with Gasteiger partial charge in [-0.25, -0.2) is 9.59 Å². The number of carbonyl (C=O) groups is 2. The standard InChI is InChI=1S/C5H7NO3.K.H/c1-5(2)3(7)9-4(8)6-5;;/h1-2H3,(H,6,8);;. The molecule has 1 rings (SSSR count). The Bertz CT molecular complexity index is 178. The third kappa shape index (κ3) is 2.03. The van der Waals surface area contributed by atoms with Gasteiger partial charge in [-0.1, -0.05) is 0 Å². The van der Waals surface area contributed by atoms with Gasteiger partial charge in [0.2, 0.25) is 0 Å². The number of carbonyl (C=O) groups excluding carboxylic acids is 2. The predicted molar refractivity (Wildman–Crippen MR) is 35.9 cm³/mol. The summed E-state index contributed by atoms with van der Waals surface area (Å²) in [4.78, 5) is 20.9. The molecule has 4 nitrogen and oxygen atoms in total. The van der Waals surface area contributed by atoms with Crippen molar-refractivity contribution in [1.29, 1.82) is 0 Å². The van der Waals surface area contributed by atoms with Crippen molar-refractivity contribution in [3.8, 4) is 0 Å². The Hall–Kier alpha value is 0.576. The van der Waals surface area contributed by atoms with Crippen LogP contribution >= 0.6 is 0 Å². The van der Waals surface area contributed by atoms with Crippen LogP contribution in [0.3, 0.4) is 0 Å². The maximum atomic E-state index is 10.6. The van der Waals surface area contributed by atoms with E-state index in [2.05, 4.69) is 10.1 Å². The molecule has 1 aliphatic heterocycles. The first-order valence-corrected chi connectivity index (χ1v) is 2.57. The topological polar surface area (TPSA) is 55.4 Å². The average molecular weight is 169 g/mol. The number of cyclic esters (lactones) is 2. The van der Waals surface area contributed by atoms with Crippen LogP contribution < -0.4 is 5.32 Å². The van der Waals surface area contributed by atoms with E-state index >= 15 is 0 Å². The van der Waals surface area contributed by atoms with E-state index in [0.717, 1.165) is 0 Å². The van der Waals surface area contributed by atoms with Crippen molar-refractivity contribution >= 4 is 63.4 Å². The van der Waals surface area contributed by atoms with E-state index in [4.69, 9.17) is 0 Å². The van der Waals surface area contributed by atoms with E-state index in [0.29, 0.717) is 0 Å². The molecule has 5 heteroatoms. The summed E-state index contributed by atoms with van der Waals surface area (Å²) >= 11 is 0. The van der Waals surface area contributed by atoms with Crippen LogP contribution in [0.1, 0.15) is 13.8 Å². The molecule has 0 spiro atoms. The number of nitrogens with one attached hydrogen (secondary N) is 1. The molecule has 0 bridgehead atoms. The Labute approximate surface area is 101 Å². The van der Waals surface area contributed by atoms with Crippen molar-refractivity contribution in [1.82, 2.24) is 5.32 Å². The van der Waals surface area contributed by atoms with Gasteiger partial charge >= 0.3 is 63.4 Å². The third-order valence-electron chi connectivity index (χ3n) is 1.11. The fraction of sp³-hybridized carbons (Fsp3) is 0.600. The number of hydrogen-bond acceptors (Lipinski definition) is 3. The van der Waals surface area contributed by atoms with Gasteiger partial charge in [-0.15, -0.1) is 0 Å². The molecule has 0 unspecified atom stereocenters. The zero-order chi connectivity index (χ0) is 7.07. The summed E-state index contributed by atoms with van der Waals surface area (Å²) in [6.45, 7) is 3.17. The minimum atomic E-state index is -0.836. The Morgan fingerprint density at radius 1 is 1.40 bits per heavy atom. The molecule has 0 atom stereocenters. The number of ether oxygens (including phenoxy) is 1. The summed E-state index contributed by atoms with van der Waals surface area (Å²) in [7, 11) is 0. The SMILES string of the molecule is CC1(C)NC(=O)OC1=O.[KH]. The van der Waals surface area contributed by atoms with Crippen molar-refractivity contribution in [2.45, 2.75) is 19.4 Å². The number of amides is 1. The number of alkyl carbamates (subject to hydrolysis) is 1. The van der Waals surface area contributed by atoms with E-state index in [1.54, 1.807) is 13.8 Å².